The van der Waals surface area contributed by atoms with Gasteiger partial charge in [0.2, 0.25) is 6.79 Å². The zero-order valence-electron chi connectivity index (χ0n) is 19.7. The summed E-state index contributed by atoms with van der Waals surface area (Å²) in [5.41, 5.74) is 4.69. The third kappa shape index (κ3) is 3.98. The van der Waals surface area contributed by atoms with Crippen molar-refractivity contribution in [2.45, 2.75) is 58.0 Å². The fourth-order valence-electron chi connectivity index (χ4n) is 5.03. The molecule has 0 saturated carbocycles. The van der Waals surface area contributed by atoms with Crippen molar-refractivity contribution in [1.29, 1.82) is 0 Å². The number of esters is 1. The lowest BCUT2D eigenvalue weighted by Crippen LogP contribution is -2.36. The Bertz CT molecular complexity index is 1200. The van der Waals surface area contributed by atoms with Crippen LogP contribution in [0.15, 0.2) is 71.1 Å². The van der Waals surface area contributed by atoms with E-state index in [1.54, 1.807) is 0 Å². The molecule has 0 bridgehead atoms. The van der Waals surface area contributed by atoms with E-state index in [9.17, 15) is 9.59 Å². The quantitative estimate of drug-likeness (QED) is 0.626. The van der Waals surface area contributed by atoms with E-state index in [1.807, 2.05) is 57.2 Å². The van der Waals surface area contributed by atoms with Crippen LogP contribution in [-0.4, -0.2) is 24.6 Å². The minimum Gasteiger partial charge on any atom is -0.459 e. The van der Waals surface area contributed by atoms with Gasteiger partial charge in [0.25, 0.3) is 0 Å². The summed E-state index contributed by atoms with van der Waals surface area (Å²) in [6.45, 7) is 5.89. The van der Waals surface area contributed by atoms with Gasteiger partial charge in [-0.15, -0.1) is 0 Å². The van der Waals surface area contributed by atoms with Gasteiger partial charge in [-0.3, -0.25) is 4.79 Å². The predicted molar refractivity (Wildman–Crippen MR) is 127 cm³/mol. The van der Waals surface area contributed by atoms with Crippen molar-refractivity contribution in [2.75, 3.05) is 6.79 Å². The first-order valence-corrected chi connectivity index (χ1v) is 11.9. The summed E-state index contributed by atoms with van der Waals surface area (Å²) in [7, 11) is 0. The summed E-state index contributed by atoms with van der Waals surface area (Å²) < 4.78 is 16.8. The molecule has 0 amide bonds. The van der Waals surface area contributed by atoms with Gasteiger partial charge in [-0.05, 0) is 55.9 Å². The van der Waals surface area contributed by atoms with Crippen molar-refractivity contribution >= 4 is 11.8 Å². The largest absolute Gasteiger partial charge is 0.459 e. The number of dihydropyridines is 1. The number of allylic oxidation sites excluding steroid dienone is 3. The smallest absolute Gasteiger partial charge is 0.337 e. The number of hydrogen-bond donors (Lipinski definition) is 1. The number of Topliss-reactive ketones (excluding diaryl/α,β-unsaturated/α-hetero) is 1. The van der Waals surface area contributed by atoms with E-state index in [2.05, 4.69) is 17.4 Å². The van der Waals surface area contributed by atoms with Crippen LogP contribution in [-0.2, 0) is 14.3 Å². The van der Waals surface area contributed by atoms with Gasteiger partial charge in [-0.1, -0.05) is 43.3 Å². The van der Waals surface area contributed by atoms with Gasteiger partial charge in [0.15, 0.2) is 17.3 Å². The molecule has 2 aliphatic heterocycles. The highest BCUT2D eigenvalue weighted by Crippen LogP contribution is 2.47. The van der Waals surface area contributed by atoms with E-state index in [4.69, 9.17) is 14.2 Å². The summed E-state index contributed by atoms with van der Waals surface area (Å²) in [6.07, 6.45) is 1.60. The monoisotopic (exact) mass is 459 g/mol. The Balaban J connectivity index is 1.59. The zero-order valence-corrected chi connectivity index (χ0v) is 19.7. The second-order valence-electron chi connectivity index (χ2n) is 9.16. The van der Waals surface area contributed by atoms with Gasteiger partial charge in [0.1, 0.15) is 0 Å². The maximum atomic E-state index is 13.7. The zero-order chi connectivity index (χ0) is 23.8. The number of hydrogen-bond acceptors (Lipinski definition) is 6. The van der Waals surface area contributed by atoms with Crippen LogP contribution in [0.5, 0.6) is 11.5 Å². The van der Waals surface area contributed by atoms with Crippen LogP contribution >= 0.6 is 0 Å². The molecular weight excluding hydrogens is 430 g/mol. The Hall–Kier alpha value is -3.54. The van der Waals surface area contributed by atoms with Crippen LogP contribution < -0.4 is 14.8 Å². The Kier molecular flexibility index (Phi) is 5.90. The molecule has 2 heterocycles. The molecule has 3 unspecified atom stereocenters. The van der Waals surface area contributed by atoms with Gasteiger partial charge in [-0.25, -0.2) is 4.79 Å². The molecule has 3 aliphatic rings. The summed E-state index contributed by atoms with van der Waals surface area (Å²) in [4.78, 5) is 27.0. The maximum absolute atomic E-state index is 13.7. The van der Waals surface area contributed by atoms with Crippen LogP contribution in [0.3, 0.4) is 0 Å². The first kappa shape index (κ1) is 22.3. The Labute approximate surface area is 199 Å². The van der Waals surface area contributed by atoms with Crippen LogP contribution in [0.2, 0.25) is 0 Å². The fourth-order valence-corrected chi connectivity index (χ4v) is 5.03. The van der Waals surface area contributed by atoms with Crippen molar-refractivity contribution in [1.82, 2.24) is 5.32 Å². The van der Waals surface area contributed by atoms with Crippen molar-refractivity contribution in [3.63, 3.8) is 0 Å². The Morgan fingerprint density at radius 2 is 1.85 bits per heavy atom. The van der Waals surface area contributed by atoms with E-state index < -0.39 is 11.9 Å². The number of carbonyl (C=O) groups is 2. The average Bonchev–Trinajstić information content (AvgIpc) is 3.31. The highest BCUT2D eigenvalue weighted by molar-refractivity contribution is 6.04. The van der Waals surface area contributed by atoms with Gasteiger partial charge in [-0.2, -0.15) is 0 Å². The number of rotatable bonds is 5. The van der Waals surface area contributed by atoms with Gasteiger partial charge in [0.05, 0.1) is 11.7 Å². The third-order valence-corrected chi connectivity index (χ3v) is 6.93. The molecule has 6 heteroatoms. The normalized spacial score (nSPS) is 22.3. The molecule has 0 aromatic heterocycles. The molecule has 176 valence electrons. The van der Waals surface area contributed by atoms with E-state index in [1.165, 1.54) is 0 Å². The first-order valence-electron chi connectivity index (χ1n) is 11.9. The third-order valence-electron chi connectivity index (χ3n) is 6.93. The highest BCUT2D eigenvalue weighted by atomic mass is 16.7. The lowest BCUT2D eigenvalue weighted by atomic mass is 9.71. The molecule has 5 rings (SSSR count). The molecule has 1 N–H and O–H groups in total. The summed E-state index contributed by atoms with van der Waals surface area (Å²) in [5.74, 6) is 0.509. The number of nitrogens with one attached hydrogen (secondary N) is 1. The molecule has 0 spiro atoms. The molecule has 0 fully saturated rings. The number of carbonyl (C=O) groups excluding carboxylic acids is 2. The second kappa shape index (κ2) is 9.01. The average molecular weight is 460 g/mol. The molecule has 0 radical (unpaired) electrons. The Morgan fingerprint density at radius 3 is 2.62 bits per heavy atom. The lowest BCUT2D eigenvalue weighted by Gasteiger charge is -2.37. The molecule has 3 atom stereocenters. The minimum absolute atomic E-state index is 0.0478. The molecular formula is C28H29NO5. The van der Waals surface area contributed by atoms with Crippen LogP contribution in [0.4, 0.5) is 0 Å². The second-order valence-corrected chi connectivity index (χ2v) is 9.16. The lowest BCUT2D eigenvalue weighted by molar-refractivity contribution is -0.144. The summed E-state index contributed by atoms with van der Waals surface area (Å²) in [5, 5.41) is 3.40. The molecule has 6 nitrogen and oxygen atoms in total. The van der Waals surface area contributed by atoms with Crippen LogP contribution in [0.25, 0.3) is 0 Å². The molecule has 34 heavy (non-hydrogen) atoms. The van der Waals surface area contributed by atoms with Crippen LogP contribution in [0.1, 0.15) is 63.0 Å². The first-order chi connectivity index (χ1) is 16.5. The highest BCUT2D eigenvalue weighted by Gasteiger charge is 2.42. The van der Waals surface area contributed by atoms with E-state index in [0.717, 1.165) is 22.5 Å². The van der Waals surface area contributed by atoms with Crippen molar-refractivity contribution in [2.24, 2.45) is 0 Å². The van der Waals surface area contributed by atoms with Crippen molar-refractivity contribution < 1.29 is 23.8 Å². The number of ether oxygens (including phenoxy) is 3. The van der Waals surface area contributed by atoms with Gasteiger partial charge < -0.3 is 19.5 Å². The topological polar surface area (TPSA) is 73.9 Å². The fraction of sp³-hybridized carbons (Fsp3) is 0.357. The molecule has 0 saturated heterocycles. The van der Waals surface area contributed by atoms with E-state index in [0.29, 0.717) is 41.9 Å². The SMILES string of the molecule is CCC(C)OC(=O)C1=C(C)NC2=C(C(=O)CC(c3ccccc3)C2)C1c1ccc2c(c1)OCO2. The standard InChI is InChI=1S/C28H29NO5/c1-4-16(2)34-28(31)25-17(3)29-21-12-20(18-8-6-5-7-9-18)13-22(30)27(21)26(25)19-10-11-23-24(14-19)33-15-32-23/h5-11,14,16,20,26,29H,4,12-13,15H2,1-3H3. The van der Waals surface area contributed by atoms with E-state index >= 15 is 0 Å². The van der Waals surface area contributed by atoms with Gasteiger partial charge >= 0.3 is 5.97 Å². The number of ketones is 1. The van der Waals surface area contributed by atoms with Crippen molar-refractivity contribution in [3.05, 3.63) is 82.2 Å². The maximum Gasteiger partial charge on any atom is 0.337 e. The Morgan fingerprint density at radius 1 is 1.09 bits per heavy atom. The number of fused-ring (bicyclic) bond motifs is 1. The summed E-state index contributed by atoms with van der Waals surface area (Å²) in [6, 6.07) is 15.8. The van der Waals surface area contributed by atoms with Crippen molar-refractivity contribution in [3.8, 4) is 11.5 Å². The van der Waals surface area contributed by atoms with Gasteiger partial charge in [0, 0.05) is 29.3 Å². The number of benzene rings is 2. The van der Waals surface area contributed by atoms with E-state index in [-0.39, 0.29) is 24.6 Å². The molecule has 2 aromatic rings. The van der Waals surface area contributed by atoms with Crippen LogP contribution in [0, 0.1) is 0 Å². The molecule has 2 aromatic carbocycles. The summed E-state index contributed by atoms with van der Waals surface area (Å²) >= 11 is 0. The predicted octanol–water partition coefficient (Wildman–Crippen LogP) is 5.12. The molecule has 1 aliphatic carbocycles. The minimum atomic E-state index is -0.522.